The predicted molar refractivity (Wildman–Crippen MR) is 132 cm³/mol. The summed E-state index contributed by atoms with van der Waals surface area (Å²) in [6.07, 6.45) is 13.3. The average Bonchev–Trinajstić information content (AvgIpc) is 3.53. The second-order valence-corrected chi connectivity index (χ2v) is 10.5. The van der Waals surface area contributed by atoms with Crippen LogP contribution in [0.1, 0.15) is 58.8 Å². The zero-order valence-electron chi connectivity index (χ0n) is 20.6. The van der Waals surface area contributed by atoms with E-state index in [2.05, 4.69) is 4.90 Å². The van der Waals surface area contributed by atoms with Gasteiger partial charge in [0.15, 0.2) is 0 Å². The Bertz CT molecular complexity index is 889. The minimum atomic E-state index is -0.178. The van der Waals surface area contributed by atoms with Gasteiger partial charge in [-0.05, 0) is 108 Å². The maximum absolute atomic E-state index is 14.2. The van der Waals surface area contributed by atoms with Crippen molar-refractivity contribution in [1.82, 2.24) is 4.90 Å². The van der Waals surface area contributed by atoms with E-state index in [1.807, 2.05) is 19.9 Å². The van der Waals surface area contributed by atoms with E-state index in [4.69, 9.17) is 9.47 Å². The lowest BCUT2D eigenvalue weighted by Gasteiger charge is -2.25. The first-order chi connectivity index (χ1) is 16.4. The molecule has 186 valence electrons. The Balaban J connectivity index is 0.000000336. The molecule has 1 aromatic carbocycles. The lowest BCUT2D eigenvalue weighted by Crippen LogP contribution is -2.28. The van der Waals surface area contributed by atoms with Crippen molar-refractivity contribution in [2.24, 2.45) is 11.8 Å². The largest absolute Gasteiger partial charge is 0.491 e. The lowest BCUT2D eigenvalue weighted by molar-refractivity contribution is 0.00539. The summed E-state index contributed by atoms with van der Waals surface area (Å²) in [5.41, 5.74) is 1.00. The molecule has 0 radical (unpaired) electrons. The van der Waals surface area contributed by atoms with Crippen molar-refractivity contribution in [1.29, 1.82) is 0 Å². The second-order valence-electron chi connectivity index (χ2n) is 10.5. The van der Waals surface area contributed by atoms with Crippen LogP contribution in [0.15, 0.2) is 65.7 Å². The molecule has 5 heteroatoms. The first-order valence-corrected chi connectivity index (χ1v) is 12.9. The van der Waals surface area contributed by atoms with Gasteiger partial charge in [-0.2, -0.15) is 0 Å². The fraction of sp³-hybridized carbons (Fsp3) is 0.586. The van der Waals surface area contributed by atoms with E-state index in [0.717, 1.165) is 36.5 Å². The molecule has 3 nitrogen and oxygen atoms in total. The average molecular weight is 472 g/mol. The van der Waals surface area contributed by atoms with Crippen LogP contribution < -0.4 is 0 Å². The molecule has 1 spiro atoms. The highest BCUT2D eigenvalue weighted by atomic mass is 19.1. The summed E-state index contributed by atoms with van der Waals surface area (Å²) in [4.78, 5) is 2.63. The molecule has 3 fully saturated rings. The van der Waals surface area contributed by atoms with E-state index in [-0.39, 0.29) is 29.3 Å². The Morgan fingerprint density at radius 2 is 1.85 bits per heavy atom. The zero-order chi connectivity index (χ0) is 24.0. The van der Waals surface area contributed by atoms with Gasteiger partial charge >= 0.3 is 0 Å². The summed E-state index contributed by atoms with van der Waals surface area (Å²) in [5, 5.41) is 0. The highest BCUT2D eigenvalue weighted by Gasteiger charge is 2.47. The van der Waals surface area contributed by atoms with Gasteiger partial charge in [-0.1, -0.05) is 18.2 Å². The zero-order valence-corrected chi connectivity index (χ0v) is 20.6. The molecule has 2 aliphatic heterocycles. The first kappa shape index (κ1) is 25.1. The molecule has 0 amide bonds. The van der Waals surface area contributed by atoms with Crippen molar-refractivity contribution < 1.29 is 18.3 Å². The fourth-order valence-electron chi connectivity index (χ4n) is 5.82. The van der Waals surface area contributed by atoms with E-state index in [1.54, 1.807) is 30.4 Å². The Kier molecular flexibility index (Phi) is 8.60. The number of likely N-dealkylation sites (tertiary alicyclic amines) is 1. The molecule has 34 heavy (non-hydrogen) atoms. The van der Waals surface area contributed by atoms with Crippen LogP contribution in [0.25, 0.3) is 0 Å². The molecule has 0 bridgehead atoms. The molecule has 2 aliphatic carbocycles. The van der Waals surface area contributed by atoms with E-state index < -0.39 is 0 Å². The highest BCUT2D eigenvalue weighted by Crippen LogP contribution is 2.49. The number of benzene rings is 1. The van der Waals surface area contributed by atoms with Gasteiger partial charge in [0.25, 0.3) is 0 Å². The maximum Gasteiger partial charge on any atom is 0.123 e. The van der Waals surface area contributed by atoms with E-state index in [1.165, 1.54) is 51.0 Å². The monoisotopic (exact) mass is 471 g/mol. The van der Waals surface area contributed by atoms with Crippen LogP contribution >= 0.6 is 0 Å². The second kappa shape index (κ2) is 11.6. The Hall–Kier alpha value is -1.98. The summed E-state index contributed by atoms with van der Waals surface area (Å²) in [6.45, 7) is 8.52. The summed E-state index contributed by atoms with van der Waals surface area (Å²) >= 11 is 0. The normalized spacial score (nSPS) is 29.4. The van der Waals surface area contributed by atoms with E-state index in [9.17, 15) is 8.78 Å². The molecule has 1 saturated carbocycles. The number of ether oxygens (including phenoxy) is 2. The van der Waals surface area contributed by atoms with Crippen molar-refractivity contribution in [2.75, 3.05) is 26.2 Å². The number of hydrogen-bond donors (Lipinski definition) is 0. The van der Waals surface area contributed by atoms with Crippen LogP contribution in [0, 0.1) is 17.7 Å². The quantitative estimate of drug-likeness (QED) is 0.463. The smallest absolute Gasteiger partial charge is 0.123 e. The van der Waals surface area contributed by atoms with E-state index >= 15 is 0 Å². The standard InChI is InChI=1S/C23H34FNO2.C6H5F/c1-17(2)27-22-7-5-6-20(24)12-21(22)19-14-23(26-16-19)9-8-18(13-23)15-25-10-3-4-11-25;7-6-4-2-1-3-5-6/h6-7,12,17-19H,3-5,8-11,13-16H2,1-2H3;1-5H/t18?,19-,23+;/m1./s1. The third kappa shape index (κ3) is 6.79. The molecule has 3 atom stereocenters. The SMILES string of the molecule is CC(C)OC1=CCC=C(F)C=C1[C@H]1CO[C@]2(CCC(CN3CCCC3)C2)C1.Fc1ccccc1. The fourth-order valence-corrected chi connectivity index (χ4v) is 5.82. The number of hydrogen-bond acceptors (Lipinski definition) is 3. The number of nitrogens with zero attached hydrogens (tertiary/aromatic N) is 1. The molecule has 5 rings (SSSR count). The van der Waals surface area contributed by atoms with Crippen molar-refractivity contribution in [2.45, 2.75) is 70.5 Å². The highest BCUT2D eigenvalue weighted by molar-refractivity contribution is 5.38. The van der Waals surface area contributed by atoms with Crippen LogP contribution in [0.3, 0.4) is 0 Å². The van der Waals surface area contributed by atoms with Gasteiger partial charge < -0.3 is 14.4 Å². The Morgan fingerprint density at radius 1 is 1.09 bits per heavy atom. The topological polar surface area (TPSA) is 21.7 Å². The van der Waals surface area contributed by atoms with Crippen LogP contribution in [0.5, 0.6) is 0 Å². The molecule has 0 aromatic heterocycles. The minimum absolute atomic E-state index is 0.00529. The van der Waals surface area contributed by atoms with Crippen molar-refractivity contribution >= 4 is 0 Å². The van der Waals surface area contributed by atoms with Gasteiger partial charge in [-0.3, -0.25) is 0 Å². The molecule has 4 aliphatic rings. The van der Waals surface area contributed by atoms with Crippen molar-refractivity contribution in [3.8, 4) is 0 Å². The van der Waals surface area contributed by atoms with Crippen LogP contribution in [0.4, 0.5) is 8.78 Å². The van der Waals surface area contributed by atoms with Gasteiger partial charge in [-0.15, -0.1) is 0 Å². The van der Waals surface area contributed by atoms with E-state index in [0.29, 0.717) is 13.0 Å². The van der Waals surface area contributed by atoms with Gasteiger partial charge in [0.2, 0.25) is 0 Å². The van der Waals surface area contributed by atoms with Gasteiger partial charge in [0, 0.05) is 18.0 Å². The molecule has 0 N–H and O–H groups in total. The summed E-state index contributed by atoms with van der Waals surface area (Å²) < 4.78 is 38.5. The molecule has 1 unspecified atom stereocenters. The summed E-state index contributed by atoms with van der Waals surface area (Å²) in [5.74, 6) is 1.51. The van der Waals surface area contributed by atoms with Gasteiger partial charge in [0.05, 0.1) is 18.3 Å². The molecular weight excluding hydrogens is 432 g/mol. The van der Waals surface area contributed by atoms with Gasteiger partial charge in [0.1, 0.15) is 17.4 Å². The Labute approximate surface area is 203 Å². The van der Waals surface area contributed by atoms with Gasteiger partial charge in [-0.25, -0.2) is 8.78 Å². The third-order valence-corrected chi connectivity index (χ3v) is 7.32. The van der Waals surface area contributed by atoms with Crippen LogP contribution in [-0.2, 0) is 9.47 Å². The molecule has 2 heterocycles. The summed E-state index contributed by atoms with van der Waals surface area (Å²) in [7, 11) is 0. The molecule has 1 aromatic rings. The third-order valence-electron chi connectivity index (χ3n) is 7.32. The predicted octanol–water partition coefficient (Wildman–Crippen LogP) is 6.98. The minimum Gasteiger partial charge on any atom is -0.491 e. The van der Waals surface area contributed by atoms with Crippen LogP contribution in [0.2, 0.25) is 0 Å². The van der Waals surface area contributed by atoms with Crippen molar-refractivity contribution in [3.05, 3.63) is 71.5 Å². The maximum atomic E-state index is 14.2. The first-order valence-electron chi connectivity index (χ1n) is 12.9. The summed E-state index contributed by atoms with van der Waals surface area (Å²) in [6, 6.07) is 7.94. The number of rotatable bonds is 5. The van der Waals surface area contributed by atoms with Crippen molar-refractivity contribution in [3.63, 3.8) is 0 Å². The lowest BCUT2D eigenvalue weighted by atomic mass is 9.86. The van der Waals surface area contributed by atoms with Crippen LogP contribution in [-0.4, -0.2) is 42.8 Å². The molecular formula is C29H39F2NO2. The number of halogens is 2. The molecule has 2 saturated heterocycles. The Morgan fingerprint density at radius 3 is 2.53 bits per heavy atom. The number of allylic oxidation sites excluding steroid dienone is 5.